The second-order valence-corrected chi connectivity index (χ2v) is 5.97. The number of carboxylic acid groups (broad SMARTS) is 1. The Balaban J connectivity index is 2.10. The van der Waals surface area contributed by atoms with E-state index in [1.807, 2.05) is 20.9 Å². The maximum Gasteiger partial charge on any atom is 0.308 e. The molecule has 1 atom stereocenters. The van der Waals surface area contributed by atoms with Crippen molar-refractivity contribution in [3.63, 3.8) is 0 Å². The van der Waals surface area contributed by atoms with Gasteiger partial charge in [0.25, 0.3) is 0 Å². The van der Waals surface area contributed by atoms with E-state index in [2.05, 4.69) is 5.10 Å². The minimum Gasteiger partial charge on any atom is -0.481 e. The molecule has 1 aromatic heterocycles. The Labute approximate surface area is 124 Å². The molecule has 1 N–H and O–H groups in total. The van der Waals surface area contributed by atoms with Gasteiger partial charge in [-0.05, 0) is 26.7 Å². The third-order valence-corrected chi connectivity index (χ3v) is 4.19. The fourth-order valence-electron chi connectivity index (χ4n) is 2.54. The zero-order valence-corrected chi connectivity index (χ0v) is 13.1. The third kappa shape index (κ3) is 3.43. The number of carboxylic acids is 1. The Morgan fingerprint density at radius 3 is 2.48 bits per heavy atom. The lowest BCUT2D eigenvalue weighted by Crippen LogP contribution is -2.39. The minimum atomic E-state index is -0.859. The lowest BCUT2D eigenvalue weighted by Gasteiger charge is -2.24. The Morgan fingerprint density at radius 2 is 2.05 bits per heavy atom. The van der Waals surface area contributed by atoms with Crippen LogP contribution in [0.25, 0.3) is 0 Å². The zero-order valence-electron chi connectivity index (χ0n) is 13.1. The number of hydrogen-bond acceptors (Lipinski definition) is 3. The highest BCUT2D eigenvalue weighted by atomic mass is 16.4. The summed E-state index contributed by atoms with van der Waals surface area (Å²) in [7, 11) is 1.86. The lowest BCUT2D eigenvalue weighted by molar-refractivity contribution is -0.143. The first-order chi connectivity index (χ1) is 9.81. The van der Waals surface area contributed by atoms with Gasteiger partial charge < -0.3 is 10.0 Å². The molecule has 6 nitrogen and oxygen atoms in total. The van der Waals surface area contributed by atoms with Gasteiger partial charge in [-0.1, -0.05) is 6.92 Å². The Kier molecular flexibility index (Phi) is 4.34. The van der Waals surface area contributed by atoms with Crippen LogP contribution >= 0.6 is 0 Å². The van der Waals surface area contributed by atoms with Crippen LogP contribution < -0.4 is 0 Å². The van der Waals surface area contributed by atoms with Crippen molar-refractivity contribution in [2.45, 2.75) is 46.1 Å². The first-order valence-corrected chi connectivity index (χ1v) is 7.32. The first-order valence-electron chi connectivity index (χ1n) is 7.32. The topological polar surface area (TPSA) is 75.4 Å². The molecule has 6 heteroatoms. The number of carbonyl (C=O) groups excluding carboxylic acids is 1. The summed E-state index contributed by atoms with van der Waals surface area (Å²) in [5, 5.41) is 13.4. The van der Waals surface area contributed by atoms with Crippen molar-refractivity contribution < 1.29 is 14.7 Å². The van der Waals surface area contributed by atoms with Gasteiger partial charge in [0, 0.05) is 30.9 Å². The molecule has 0 saturated heterocycles. The Morgan fingerprint density at radius 1 is 1.43 bits per heavy atom. The van der Waals surface area contributed by atoms with E-state index in [4.69, 9.17) is 5.11 Å². The van der Waals surface area contributed by atoms with Crippen LogP contribution in [0.2, 0.25) is 0 Å². The Bertz CT molecular complexity index is 561. The molecule has 0 radical (unpaired) electrons. The average molecular weight is 293 g/mol. The van der Waals surface area contributed by atoms with Crippen molar-refractivity contribution in [1.29, 1.82) is 0 Å². The number of aliphatic carboxylic acids is 1. The molecule has 2 rings (SSSR count). The van der Waals surface area contributed by atoms with Crippen LogP contribution in [0.3, 0.4) is 0 Å². The number of hydrogen-bond donors (Lipinski definition) is 1. The Hall–Kier alpha value is -1.85. The van der Waals surface area contributed by atoms with Crippen LogP contribution in [-0.4, -0.2) is 44.3 Å². The lowest BCUT2D eigenvalue weighted by atomic mass is 10.1. The number of nitrogens with zero attached hydrogens (tertiary/aromatic N) is 3. The summed E-state index contributed by atoms with van der Waals surface area (Å²) in [4.78, 5) is 25.3. The van der Waals surface area contributed by atoms with Crippen LogP contribution in [0, 0.1) is 19.8 Å². The van der Waals surface area contributed by atoms with Gasteiger partial charge in [-0.2, -0.15) is 5.10 Å². The van der Waals surface area contributed by atoms with E-state index in [0.29, 0.717) is 6.42 Å². The van der Waals surface area contributed by atoms with Gasteiger partial charge in [-0.25, -0.2) is 0 Å². The van der Waals surface area contributed by atoms with E-state index in [9.17, 15) is 9.59 Å². The van der Waals surface area contributed by atoms with E-state index >= 15 is 0 Å². The summed E-state index contributed by atoms with van der Waals surface area (Å²) in [6, 6.07) is 0.219. The fourth-order valence-corrected chi connectivity index (χ4v) is 2.54. The standard InChI is InChI=1S/C15H23N3O3/c1-9(15(20)21)8-18(12-5-6-12)14(19)7-13-10(2)16-17(4)11(13)3/h9,12H,5-8H2,1-4H3,(H,20,21)/t9-/m1/s1. The highest BCUT2D eigenvalue weighted by Gasteiger charge is 2.34. The molecule has 0 bridgehead atoms. The van der Waals surface area contributed by atoms with Gasteiger partial charge in [0.15, 0.2) is 0 Å². The monoisotopic (exact) mass is 293 g/mol. The summed E-state index contributed by atoms with van der Waals surface area (Å²) < 4.78 is 1.78. The molecule has 1 heterocycles. The predicted molar refractivity (Wildman–Crippen MR) is 77.9 cm³/mol. The number of rotatable bonds is 6. The zero-order chi connectivity index (χ0) is 15.7. The van der Waals surface area contributed by atoms with Crippen LogP contribution in [0.5, 0.6) is 0 Å². The quantitative estimate of drug-likeness (QED) is 0.857. The molecule has 21 heavy (non-hydrogen) atoms. The van der Waals surface area contributed by atoms with E-state index in [1.165, 1.54) is 0 Å². The van der Waals surface area contributed by atoms with Crippen molar-refractivity contribution in [1.82, 2.24) is 14.7 Å². The van der Waals surface area contributed by atoms with Crippen molar-refractivity contribution in [3.8, 4) is 0 Å². The average Bonchev–Trinajstić information content (AvgIpc) is 3.21. The van der Waals surface area contributed by atoms with Crippen LogP contribution in [0.4, 0.5) is 0 Å². The molecule has 1 amide bonds. The number of aryl methyl sites for hydroxylation is 2. The summed E-state index contributed by atoms with van der Waals surface area (Å²) in [6.07, 6.45) is 2.25. The van der Waals surface area contributed by atoms with Gasteiger partial charge >= 0.3 is 5.97 Å². The normalized spacial score (nSPS) is 15.8. The highest BCUT2D eigenvalue weighted by molar-refractivity contribution is 5.80. The fraction of sp³-hybridized carbons (Fsp3) is 0.667. The van der Waals surface area contributed by atoms with Crippen LogP contribution in [-0.2, 0) is 23.1 Å². The second kappa shape index (κ2) is 5.87. The van der Waals surface area contributed by atoms with Crippen molar-refractivity contribution in [2.24, 2.45) is 13.0 Å². The molecule has 0 spiro atoms. The second-order valence-electron chi connectivity index (χ2n) is 5.97. The molecule has 1 saturated carbocycles. The summed E-state index contributed by atoms with van der Waals surface area (Å²) in [6.45, 7) is 5.78. The van der Waals surface area contributed by atoms with Gasteiger partial charge in [-0.3, -0.25) is 14.3 Å². The van der Waals surface area contributed by atoms with Crippen LogP contribution in [0.15, 0.2) is 0 Å². The molecule has 0 aromatic carbocycles. The molecular formula is C15H23N3O3. The van der Waals surface area contributed by atoms with Crippen LogP contribution in [0.1, 0.15) is 36.7 Å². The molecule has 1 aliphatic carbocycles. The molecular weight excluding hydrogens is 270 g/mol. The minimum absolute atomic E-state index is 0.00444. The number of aromatic nitrogens is 2. The maximum atomic E-state index is 12.6. The smallest absolute Gasteiger partial charge is 0.308 e. The third-order valence-electron chi connectivity index (χ3n) is 4.19. The number of carbonyl (C=O) groups is 2. The largest absolute Gasteiger partial charge is 0.481 e. The summed E-state index contributed by atoms with van der Waals surface area (Å²) in [5.41, 5.74) is 2.81. The van der Waals surface area contributed by atoms with Gasteiger partial charge in [0.05, 0.1) is 18.0 Å². The molecule has 0 unspecified atom stereocenters. The van der Waals surface area contributed by atoms with Gasteiger partial charge in [0.2, 0.25) is 5.91 Å². The summed E-state index contributed by atoms with van der Waals surface area (Å²) in [5.74, 6) is -1.39. The SMILES string of the molecule is Cc1nn(C)c(C)c1CC(=O)N(C[C@@H](C)C(=O)O)C1CC1. The maximum absolute atomic E-state index is 12.6. The molecule has 0 aliphatic heterocycles. The predicted octanol–water partition coefficient (Wildman–Crippen LogP) is 1.29. The van der Waals surface area contributed by atoms with Crippen molar-refractivity contribution >= 4 is 11.9 Å². The van der Waals surface area contributed by atoms with E-state index in [-0.39, 0.29) is 18.5 Å². The molecule has 1 aromatic rings. The summed E-state index contributed by atoms with van der Waals surface area (Å²) >= 11 is 0. The van der Waals surface area contributed by atoms with E-state index < -0.39 is 11.9 Å². The molecule has 1 aliphatic rings. The highest BCUT2D eigenvalue weighted by Crippen LogP contribution is 2.28. The van der Waals surface area contributed by atoms with Gasteiger partial charge in [0.1, 0.15) is 0 Å². The number of amides is 1. The molecule has 116 valence electrons. The molecule has 1 fully saturated rings. The van der Waals surface area contributed by atoms with Crippen molar-refractivity contribution in [3.05, 3.63) is 17.0 Å². The van der Waals surface area contributed by atoms with Crippen molar-refractivity contribution in [2.75, 3.05) is 6.54 Å². The van der Waals surface area contributed by atoms with Gasteiger partial charge in [-0.15, -0.1) is 0 Å². The first kappa shape index (κ1) is 15.5. The van der Waals surface area contributed by atoms with E-state index in [1.54, 1.807) is 16.5 Å². The van der Waals surface area contributed by atoms with E-state index in [0.717, 1.165) is 29.8 Å².